The molecule has 0 aromatic carbocycles. The van der Waals surface area contributed by atoms with Gasteiger partial charge in [0.25, 0.3) is 5.91 Å². The maximum Gasteiger partial charge on any atom is 0.351 e. The molecule has 2 aromatic heterocycles. The highest BCUT2D eigenvalue weighted by Crippen LogP contribution is 2.35. The normalized spacial score (nSPS) is 22.6. The van der Waals surface area contributed by atoms with Crippen LogP contribution in [0.3, 0.4) is 0 Å². The van der Waals surface area contributed by atoms with Gasteiger partial charge in [-0.15, -0.1) is 11.3 Å². The largest absolute Gasteiger partial charge is 0.451 e. The SMILES string of the molecule is Cc1cc(C)c2c(N)c(C(=O)OCC(=O)N[C@@H]3CCC[C@@H](C)[C@H]3C)sc2n1. The number of hydrogen-bond donors (Lipinski definition) is 2. The van der Waals surface area contributed by atoms with Gasteiger partial charge >= 0.3 is 5.97 Å². The number of nitrogens with two attached hydrogens (primary N) is 1. The molecule has 0 aliphatic heterocycles. The molecule has 0 unspecified atom stereocenters. The number of fused-ring (bicyclic) bond motifs is 1. The second-order valence-corrected chi connectivity index (χ2v) is 8.62. The van der Waals surface area contributed by atoms with E-state index in [9.17, 15) is 9.59 Å². The van der Waals surface area contributed by atoms with Gasteiger partial charge in [-0.25, -0.2) is 9.78 Å². The summed E-state index contributed by atoms with van der Waals surface area (Å²) in [5.41, 5.74) is 8.37. The van der Waals surface area contributed by atoms with Crippen molar-refractivity contribution < 1.29 is 14.3 Å². The minimum Gasteiger partial charge on any atom is -0.451 e. The van der Waals surface area contributed by atoms with Crippen LogP contribution < -0.4 is 11.1 Å². The summed E-state index contributed by atoms with van der Waals surface area (Å²) in [6, 6.07) is 2.07. The first kappa shape index (κ1) is 19.6. The quantitative estimate of drug-likeness (QED) is 0.779. The molecule has 2 aromatic rings. The summed E-state index contributed by atoms with van der Waals surface area (Å²) in [7, 11) is 0. The molecule has 0 bridgehead atoms. The average Bonchev–Trinajstić information content (AvgIpc) is 2.93. The molecule has 3 N–H and O–H groups in total. The van der Waals surface area contributed by atoms with E-state index in [4.69, 9.17) is 10.5 Å². The summed E-state index contributed by atoms with van der Waals surface area (Å²) < 4.78 is 5.23. The van der Waals surface area contributed by atoms with Crippen molar-refractivity contribution >= 4 is 39.1 Å². The highest BCUT2D eigenvalue weighted by Gasteiger charge is 2.28. The minimum atomic E-state index is -0.576. The first-order valence-electron chi connectivity index (χ1n) is 9.40. The van der Waals surface area contributed by atoms with E-state index in [1.165, 1.54) is 17.8 Å². The summed E-state index contributed by atoms with van der Waals surface area (Å²) in [6.45, 7) is 7.92. The molecule has 0 saturated heterocycles. The minimum absolute atomic E-state index is 0.143. The Morgan fingerprint density at radius 3 is 2.81 bits per heavy atom. The summed E-state index contributed by atoms with van der Waals surface area (Å²) in [5, 5.41) is 3.79. The molecule has 2 heterocycles. The zero-order chi connectivity index (χ0) is 19.7. The summed E-state index contributed by atoms with van der Waals surface area (Å²) >= 11 is 1.21. The molecule has 1 aliphatic carbocycles. The van der Waals surface area contributed by atoms with Crippen LogP contribution in [0.5, 0.6) is 0 Å². The number of nitrogens with zero attached hydrogens (tertiary/aromatic N) is 1. The first-order chi connectivity index (χ1) is 12.8. The molecular weight excluding hydrogens is 362 g/mol. The molecule has 3 rings (SSSR count). The Morgan fingerprint density at radius 1 is 1.33 bits per heavy atom. The van der Waals surface area contributed by atoms with Gasteiger partial charge in [0.1, 0.15) is 9.71 Å². The molecule has 3 atom stereocenters. The molecule has 7 heteroatoms. The Labute approximate surface area is 163 Å². The second kappa shape index (κ2) is 7.84. The fourth-order valence-corrected chi connectivity index (χ4v) is 4.96. The van der Waals surface area contributed by atoms with Crippen molar-refractivity contribution in [2.75, 3.05) is 12.3 Å². The predicted octanol–water partition coefficient (Wildman–Crippen LogP) is 3.59. The van der Waals surface area contributed by atoms with Crippen LogP contribution in [0.1, 0.15) is 54.0 Å². The number of esters is 1. The van der Waals surface area contributed by atoms with Crippen LogP contribution in [0.15, 0.2) is 6.07 Å². The standard InChI is InChI=1S/C20H27N3O3S/c1-10-6-5-7-14(13(10)4)23-15(24)9-26-20(25)18-17(21)16-11(2)8-12(3)22-19(16)27-18/h8,10,13-14H,5-7,9,21H2,1-4H3,(H,23,24)/t10-,13-,14-/m1/s1. The number of pyridine rings is 1. The number of carbonyl (C=O) groups excluding carboxylic acids is 2. The third-order valence-corrected chi connectivity index (χ3v) is 6.68. The van der Waals surface area contributed by atoms with Crippen LogP contribution in [-0.2, 0) is 9.53 Å². The van der Waals surface area contributed by atoms with Crippen LogP contribution in [-0.4, -0.2) is 29.5 Å². The fourth-order valence-electron chi connectivity index (χ4n) is 3.85. The Hall–Kier alpha value is -2.15. The number of amides is 1. The topological polar surface area (TPSA) is 94.3 Å². The number of ether oxygens (including phenoxy) is 1. The van der Waals surface area contributed by atoms with Crippen molar-refractivity contribution in [3.63, 3.8) is 0 Å². The molecule has 1 aliphatic rings. The van der Waals surface area contributed by atoms with E-state index in [1.54, 1.807) is 0 Å². The lowest BCUT2D eigenvalue weighted by Gasteiger charge is -2.34. The Kier molecular flexibility index (Phi) is 5.69. The number of aryl methyl sites for hydroxylation is 2. The Balaban J connectivity index is 1.64. The Bertz CT molecular complexity index is 877. The fraction of sp³-hybridized carbons (Fsp3) is 0.550. The summed E-state index contributed by atoms with van der Waals surface area (Å²) in [6.07, 6.45) is 3.28. The second-order valence-electron chi connectivity index (χ2n) is 7.62. The van der Waals surface area contributed by atoms with Crippen molar-refractivity contribution in [1.29, 1.82) is 0 Å². The van der Waals surface area contributed by atoms with Crippen LogP contribution in [0, 0.1) is 25.7 Å². The number of rotatable bonds is 4. The van der Waals surface area contributed by atoms with E-state index in [0.29, 0.717) is 27.2 Å². The van der Waals surface area contributed by atoms with E-state index in [2.05, 4.69) is 24.1 Å². The van der Waals surface area contributed by atoms with Crippen molar-refractivity contribution in [3.8, 4) is 0 Å². The molecule has 0 spiro atoms. The third kappa shape index (κ3) is 4.08. The lowest BCUT2D eigenvalue weighted by molar-refractivity contribution is -0.125. The van der Waals surface area contributed by atoms with Crippen LogP contribution >= 0.6 is 11.3 Å². The number of anilines is 1. The number of nitrogen functional groups attached to an aromatic ring is 1. The van der Waals surface area contributed by atoms with Crippen molar-refractivity contribution in [1.82, 2.24) is 10.3 Å². The molecule has 1 fully saturated rings. The smallest absolute Gasteiger partial charge is 0.351 e. The number of aromatic nitrogens is 1. The number of nitrogens with one attached hydrogen (secondary N) is 1. The molecule has 0 radical (unpaired) electrons. The molecule has 1 amide bonds. The number of carbonyl (C=O) groups is 2. The van der Waals surface area contributed by atoms with Gasteiger partial charge in [0.2, 0.25) is 0 Å². The van der Waals surface area contributed by atoms with Gasteiger partial charge in [-0.05, 0) is 43.7 Å². The first-order valence-corrected chi connectivity index (χ1v) is 10.2. The molecular formula is C20H27N3O3S. The van der Waals surface area contributed by atoms with Crippen molar-refractivity contribution in [2.45, 2.75) is 53.0 Å². The van der Waals surface area contributed by atoms with Crippen molar-refractivity contribution in [3.05, 3.63) is 22.2 Å². The zero-order valence-electron chi connectivity index (χ0n) is 16.3. The zero-order valence-corrected chi connectivity index (χ0v) is 17.1. The average molecular weight is 390 g/mol. The Morgan fingerprint density at radius 2 is 2.07 bits per heavy atom. The molecule has 146 valence electrons. The predicted molar refractivity (Wildman–Crippen MR) is 108 cm³/mol. The van der Waals surface area contributed by atoms with Gasteiger partial charge in [0.05, 0.1) is 5.69 Å². The molecule has 27 heavy (non-hydrogen) atoms. The number of thiophene rings is 1. The molecule has 6 nitrogen and oxygen atoms in total. The maximum absolute atomic E-state index is 12.4. The summed E-state index contributed by atoms with van der Waals surface area (Å²) in [5.74, 6) is 0.171. The highest BCUT2D eigenvalue weighted by atomic mass is 32.1. The number of hydrogen-bond acceptors (Lipinski definition) is 6. The van der Waals surface area contributed by atoms with Gasteiger partial charge in [-0.3, -0.25) is 4.79 Å². The van der Waals surface area contributed by atoms with Crippen LogP contribution in [0.25, 0.3) is 10.2 Å². The van der Waals surface area contributed by atoms with Gasteiger partial charge in [0.15, 0.2) is 6.61 Å². The third-order valence-electron chi connectivity index (χ3n) is 5.60. The van der Waals surface area contributed by atoms with Gasteiger partial charge in [0, 0.05) is 17.1 Å². The van der Waals surface area contributed by atoms with E-state index < -0.39 is 5.97 Å². The van der Waals surface area contributed by atoms with Crippen LogP contribution in [0.4, 0.5) is 5.69 Å². The van der Waals surface area contributed by atoms with Gasteiger partial charge in [-0.1, -0.05) is 26.7 Å². The van der Waals surface area contributed by atoms with E-state index in [-0.39, 0.29) is 18.6 Å². The van der Waals surface area contributed by atoms with Crippen LogP contribution in [0.2, 0.25) is 0 Å². The lowest BCUT2D eigenvalue weighted by Crippen LogP contribution is -2.45. The van der Waals surface area contributed by atoms with E-state index in [1.807, 2.05) is 19.9 Å². The molecule has 1 saturated carbocycles. The monoisotopic (exact) mass is 389 g/mol. The lowest BCUT2D eigenvalue weighted by atomic mass is 9.78. The van der Waals surface area contributed by atoms with E-state index >= 15 is 0 Å². The van der Waals surface area contributed by atoms with Gasteiger partial charge in [-0.2, -0.15) is 0 Å². The van der Waals surface area contributed by atoms with E-state index in [0.717, 1.165) is 29.5 Å². The van der Waals surface area contributed by atoms with Gasteiger partial charge < -0.3 is 15.8 Å². The maximum atomic E-state index is 12.4. The van der Waals surface area contributed by atoms with Crippen molar-refractivity contribution in [2.24, 2.45) is 11.8 Å². The summed E-state index contributed by atoms with van der Waals surface area (Å²) in [4.78, 5) is 30.1. The highest BCUT2D eigenvalue weighted by molar-refractivity contribution is 7.21.